The van der Waals surface area contributed by atoms with Crippen LogP contribution < -0.4 is 5.38 Å². The monoisotopic (exact) mass is 304 g/mol. The van der Waals surface area contributed by atoms with Crippen LogP contribution in [0.1, 0.15) is 0 Å². The highest BCUT2D eigenvalue weighted by Crippen LogP contribution is 2.22. The van der Waals surface area contributed by atoms with Gasteiger partial charge in [0, 0.05) is 24.7 Å². The summed E-state index contributed by atoms with van der Waals surface area (Å²) in [5, 5.41) is 1.69. The predicted octanol–water partition coefficient (Wildman–Crippen LogP) is 4.11. The molecule has 3 heterocycles. The summed E-state index contributed by atoms with van der Waals surface area (Å²) in [5.74, 6) is 0. The summed E-state index contributed by atoms with van der Waals surface area (Å²) in [7, 11) is -1.40. The van der Waals surface area contributed by atoms with Crippen molar-refractivity contribution < 1.29 is 4.42 Å². The van der Waals surface area contributed by atoms with Gasteiger partial charge in [0.15, 0.2) is 5.58 Å². The fraction of sp³-hybridized carbons (Fsp3) is 0.200. The number of fused-ring (bicyclic) bond motifs is 1. The summed E-state index contributed by atoms with van der Waals surface area (Å²) in [5.41, 5.74) is 1.57. The van der Waals surface area contributed by atoms with Crippen LogP contribution in [-0.4, -0.2) is 18.0 Å². The Morgan fingerprint density at radius 1 is 1.05 bits per heavy atom. The molecule has 3 aromatic heterocycles. The van der Waals surface area contributed by atoms with Crippen LogP contribution in [-0.2, 0) is 0 Å². The van der Waals surface area contributed by atoms with Gasteiger partial charge in [0.05, 0.1) is 10.4 Å². The molecule has 0 atom stereocenters. The van der Waals surface area contributed by atoms with Gasteiger partial charge in [-0.05, 0) is 18.2 Å². The molecule has 0 bridgehead atoms. The van der Waals surface area contributed by atoms with E-state index in [1.165, 1.54) is 0 Å². The SMILES string of the molecule is C[Si](C)(C)c1cc2nccc(Cl)c2o1.c1ccncc1. The molecule has 0 aliphatic rings. The maximum absolute atomic E-state index is 6.00. The third-order valence-electron chi connectivity index (χ3n) is 2.67. The normalized spacial score (nSPS) is 11.0. The molecule has 0 aromatic carbocycles. The Bertz CT molecular complexity index is 650. The van der Waals surface area contributed by atoms with E-state index >= 15 is 0 Å². The highest BCUT2D eigenvalue weighted by atomic mass is 35.5. The Kier molecular flexibility index (Phi) is 4.57. The second-order valence-electron chi connectivity index (χ2n) is 5.39. The van der Waals surface area contributed by atoms with Gasteiger partial charge >= 0.3 is 0 Å². The highest BCUT2D eigenvalue weighted by Gasteiger charge is 2.22. The van der Waals surface area contributed by atoms with E-state index in [1.54, 1.807) is 24.7 Å². The summed E-state index contributed by atoms with van der Waals surface area (Å²) in [6.45, 7) is 6.70. The van der Waals surface area contributed by atoms with Gasteiger partial charge in [-0.1, -0.05) is 37.3 Å². The third kappa shape index (κ3) is 3.68. The second-order valence-corrected chi connectivity index (χ2v) is 10.8. The topological polar surface area (TPSA) is 38.9 Å². The molecular weight excluding hydrogens is 288 g/mol. The number of hydrogen-bond donors (Lipinski definition) is 0. The lowest BCUT2D eigenvalue weighted by Gasteiger charge is -2.10. The van der Waals surface area contributed by atoms with Gasteiger partial charge in [0.2, 0.25) is 0 Å². The first kappa shape index (κ1) is 14.7. The van der Waals surface area contributed by atoms with Crippen molar-refractivity contribution in [1.82, 2.24) is 9.97 Å². The van der Waals surface area contributed by atoms with Crippen molar-refractivity contribution in [3.8, 4) is 0 Å². The van der Waals surface area contributed by atoms with Gasteiger partial charge in [-0.2, -0.15) is 0 Å². The molecule has 20 heavy (non-hydrogen) atoms. The minimum atomic E-state index is -1.40. The van der Waals surface area contributed by atoms with E-state index in [0.717, 1.165) is 10.9 Å². The number of aromatic nitrogens is 2. The minimum Gasteiger partial charge on any atom is -0.463 e. The van der Waals surface area contributed by atoms with Crippen LogP contribution in [0, 0.1) is 0 Å². The molecule has 104 valence electrons. The molecule has 0 saturated carbocycles. The van der Waals surface area contributed by atoms with Gasteiger partial charge in [-0.3, -0.25) is 9.97 Å². The Hall–Kier alpha value is -1.65. The zero-order chi connectivity index (χ0) is 14.6. The van der Waals surface area contributed by atoms with E-state index in [2.05, 4.69) is 29.6 Å². The molecule has 3 nitrogen and oxygen atoms in total. The van der Waals surface area contributed by atoms with Crippen LogP contribution >= 0.6 is 11.6 Å². The summed E-state index contributed by atoms with van der Waals surface area (Å²) < 4.78 is 5.73. The van der Waals surface area contributed by atoms with Crippen molar-refractivity contribution in [1.29, 1.82) is 0 Å². The molecule has 3 aromatic rings. The van der Waals surface area contributed by atoms with Crippen molar-refractivity contribution >= 4 is 36.2 Å². The highest BCUT2D eigenvalue weighted by molar-refractivity contribution is 6.87. The van der Waals surface area contributed by atoms with Crippen LogP contribution in [0.3, 0.4) is 0 Å². The van der Waals surface area contributed by atoms with Crippen LogP contribution in [0.15, 0.2) is 53.3 Å². The average Bonchev–Trinajstić information content (AvgIpc) is 2.87. The number of pyridine rings is 2. The zero-order valence-corrected chi connectivity index (χ0v) is 13.6. The molecule has 0 spiro atoms. The van der Waals surface area contributed by atoms with Crippen LogP contribution in [0.4, 0.5) is 0 Å². The molecule has 0 aliphatic heterocycles. The van der Waals surface area contributed by atoms with Crippen LogP contribution in [0.5, 0.6) is 0 Å². The Balaban J connectivity index is 0.000000205. The van der Waals surface area contributed by atoms with Crippen LogP contribution in [0.25, 0.3) is 11.1 Å². The van der Waals surface area contributed by atoms with E-state index in [-0.39, 0.29) is 0 Å². The lowest BCUT2D eigenvalue weighted by Crippen LogP contribution is -2.36. The van der Waals surface area contributed by atoms with E-state index in [9.17, 15) is 0 Å². The van der Waals surface area contributed by atoms with E-state index in [1.807, 2.05) is 24.3 Å². The second kappa shape index (κ2) is 6.20. The van der Waals surface area contributed by atoms with E-state index in [4.69, 9.17) is 16.0 Å². The summed E-state index contributed by atoms with van der Waals surface area (Å²) in [6.07, 6.45) is 5.20. The number of hydrogen-bond acceptors (Lipinski definition) is 3. The first-order valence-electron chi connectivity index (χ1n) is 6.38. The number of halogens is 1. The van der Waals surface area contributed by atoms with Crippen LogP contribution in [0.2, 0.25) is 24.7 Å². The first-order chi connectivity index (χ1) is 9.48. The maximum atomic E-state index is 6.00. The average molecular weight is 305 g/mol. The number of furan rings is 1. The van der Waals surface area contributed by atoms with Gasteiger partial charge < -0.3 is 4.42 Å². The van der Waals surface area contributed by atoms with E-state index in [0.29, 0.717) is 10.6 Å². The fourth-order valence-electron chi connectivity index (χ4n) is 1.59. The molecule has 0 unspecified atom stereocenters. The molecule has 0 radical (unpaired) electrons. The van der Waals surface area contributed by atoms with Crippen molar-refractivity contribution in [3.63, 3.8) is 0 Å². The van der Waals surface area contributed by atoms with Crippen molar-refractivity contribution in [2.75, 3.05) is 0 Å². The molecule has 3 rings (SSSR count). The Morgan fingerprint density at radius 2 is 1.75 bits per heavy atom. The van der Waals surface area contributed by atoms with Gasteiger partial charge in [0.25, 0.3) is 0 Å². The molecule has 0 aliphatic carbocycles. The first-order valence-corrected chi connectivity index (χ1v) is 10.3. The zero-order valence-electron chi connectivity index (χ0n) is 11.8. The molecule has 0 fully saturated rings. The lowest BCUT2D eigenvalue weighted by molar-refractivity contribution is 0.648. The standard InChI is InChI=1S/C10H12ClNOSi.C5H5N/c1-14(2,3)9-6-8-10(13-9)7(11)4-5-12-8;1-2-4-6-5-3-1/h4-6H,1-3H3;1-5H. The third-order valence-corrected chi connectivity index (χ3v) is 4.69. The lowest BCUT2D eigenvalue weighted by atomic mass is 10.4. The van der Waals surface area contributed by atoms with Gasteiger partial charge in [-0.25, -0.2) is 0 Å². The summed E-state index contributed by atoms with van der Waals surface area (Å²) >= 11 is 6.00. The minimum absolute atomic E-state index is 0.638. The molecule has 0 saturated heterocycles. The number of rotatable bonds is 1. The number of nitrogens with zero attached hydrogens (tertiary/aromatic N) is 2. The predicted molar refractivity (Wildman–Crippen MR) is 86.2 cm³/mol. The van der Waals surface area contributed by atoms with Crippen molar-refractivity contribution in [2.24, 2.45) is 0 Å². The Morgan fingerprint density at radius 3 is 2.20 bits per heavy atom. The maximum Gasteiger partial charge on any atom is 0.170 e. The smallest absolute Gasteiger partial charge is 0.170 e. The molecule has 5 heteroatoms. The Labute approximate surface area is 124 Å². The molecule has 0 N–H and O–H groups in total. The van der Waals surface area contributed by atoms with E-state index < -0.39 is 8.07 Å². The fourth-order valence-corrected chi connectivity index (χ4v) is 2.76. The molecular formula is C15H17ClN2OSi. The summed E-state index contributed by atoms with van der Waals surface area (Å²) in [6, 6.07) is 9.47. The summed E-state index contributed by atoms with van der Waals surface area (Å²) in [4.78, 5) is 8.00. The van der Waals surface area contributed by atoms with Crippen molar-refractivity contribution in [2.45, 2.75) is 19.6 Å². The van der Waals surface area contributed by atoms with Crippen molar-refractivity contribution in [3.05, 3.63) is 53.9 Å². The van der Waals surface area contributed by atoms with Gasteiger partial charge in [0.1, 0.15) is 13.6 Å². The molecule has 0 amide bonds. The quantitative estimate of drug-likeness (QED) is 0.635. The van der Waals surface area contributed by atoms with Gasteiger partial charge in [-0.15, -0.1) is 0 Å². The largest absolute Gasteiger partial charge is 0.463 e.